The van der Waals surface area contributed by atoms with Crippen molar-refractivity contribution in [1.82, 2.24) is 4.72 Å². The fourth-order valence-corrected chi connectivity index (χ4v) is 2.44. The molecule has 0 radical (unpaired) electrons. The van der Waals surface area contributed by atoms with Crippen LogP contribution < -0.4 is 15.4 Å². The van der Waals surface area contributed by atoms with Gasteiger partial charge in [-0.25, -0.2) is 8.42 Å². The molecular weight excluding hydrogens is 254 g/mol. The Morgan fingerprint density at radius 1 is 1.39 bits per heavy atom. The average Bonchev–Trinajstić information content (AvgIpc) is 2.25. The second-order valence-corrected chi connectivity index (χ2v) is 5.85. The normalized spacial score (nSPS) is 13.3. The van der Waals surface area contributed by atoms with Crippen LogP contribution in [0.2, 0.25) is 0 Å². The first-order chi connectivity index (χ1) is 8.33. The molecule has 0 aromatic heterocycles. The Morgan fingerprint density at radius 2 is 1.94 bits per heavy atom. The van der Waals surface area contributed by atoms with Crippen LogP contribution in [0, 0.1) is 0 Å². The maximum atomic E-state index is 11.2. The van der Waals surface area contributed by atoms with Crippen LogP contribution in [0.15, 0.2) is 24.3 Å². The van der Waals surface area contributed by atoms with Gasteiger partial charge >= 0.3 is 0 Å². The molecule has 0 saturated heterocycles. The van der Waals surface area contributed by atoms with E-state index in [1.54, 1.807) is 36.1 Å². The van der Waals surface area contributed by atoms with Crippen molar-refractivity contribution in [3.05, 3.63) is 24.3 Å². The number of nitrogens with one attached hydrogen (secondary N) is 1. The molecule has 0 aliphatic rings. The van der Waals surface area contributed by atoms with Gasteiger partial charge in [0.05, 0.1) is 19.0 Å². The molecule has 0 heterocycles. The second kappa shape index (κ2) is 6.03. The standard InChI is InChI=1S/C11H19N3O3S/c1-9(13-18(2,16)17)14(7-8-15)11-5-3-10(12)4-6-11/h3-6,9,13,15H,7-8,12H2,1-2H3. The van der Waals surface area contributed by atoms with Gasteiger partial charge in [-0.05, 0) is 31.2 Å². The lowest BCUT2D eigenvalue weighted by molar-refractivity contribution is 0.297. The summed E-state index contributed by atoms with van der Waals surface area (Å²) in [5.74, 6) is 0. The van der Waals surface area contributed by atoms with E-state index >= 15 is 0 Å². The van der Waals surface area contributed by atoms with Crippen molar-refractivity contribution in [1.29, 1.82) is 0 Å². The summed E-state index contributed by atoms with van der Waals surface area (Å²) in [6.07, 6.45) is 0.652. The fourth-order valence-electron chi connectivity index (χ4n) is 1.69. The largest absolute Gasteiger partial charge is 0.399 e. The van der Waals surface area contributed by atoms with Crippen LogP contribution >= 0.6 is 0 Å². The zero-order valence-corrected chi connectivity index (χ0v) is 11.3. The minimum atomic E-state index is -3.30. The molecule has 4 N–H and O–H groups in total. The molecule has 0 aliphatic heterocycles. The molecule has 1 aromatic rings. The number of hydrogen-bond acceptors (Lipinski definition) is 5. The SMILES string of the molecule is CC(NS(C)(=O)=O)N(CCO)c1ccc(N)cc1. The number of nitrogens with two attached hydrogens (primary N) is 1. The number of anilines is 2. The van der Waals surface area contributed by atoms with E-state index < -0.39 is 16.2 Å². The van der Waals surface area contributed by atoms with Gasteiger partial charge in [-0.2, -0.15) is 4.72 Å². The second-order valence-electron chi connectivity index (χ2n) is 4.07. The Balaban J connectivity index is 2.91. The summed E-state index contributed by atoms with van der Waals surface area (Å²) in [5, 5.41) is 9.06. The molecule has 1 rings (SSSR count). The molecule has 1 unspecified atom stereocenters. The number of aliphatic hydroxyl groups is 1. The summed E-state index contributed by atoms with van der Waals surface area (Å²) >= 11 is 0. The summed E-state index contributed by atoms with van der Waals surface area (Å²) in [6.45, 7) is 1.97. The van der Waals surface area contributed by atoms with Crippen molar-refractivity contribution in [2.75, 3.05) is 30.0 Å². The predicted octanol–water partition coefficient (Wildman–Crippen LogP) is -0.0373. The van der Waals surface area contributed by atoms with Crippen LogP contribution in [-0.2, 0) is 10.0 Å². The lowest BCUT2D eigenvalue weighted by Gasteiger charge is -2.30. The Hall–Kier alpha value is -1.31. The number of sulfonamides is 1. The van der Waals surface area contributed by atoms with E-state index in [-0.39, 0.29) is 6.61 Å². The van der Waals surface area contributed by atoms with Crippen molar-refractivity contribution in [2.24, 2.45) is 0 Å². The van der Waals surface area contributed by atoms with Crippen molar-refractivity contribution >= 4 is 21.4 Å². The minimum Gasteiger partial charge on any atom is -0.399 e. The molecular formula is C11H19N3O3S. The first-order valence-corrected chi connectivity index (χ1v) is 7.43. The third-order valence-electron chi connectivity index (χ3n) is 2.42. The lowest BCUT2D eigenvalue weighted by Crippen LogP contribution is -2.47. The van der Waals surface area contributed by atoms with E-state index in [0.29, 0.717) is 12.2 Å². The molecule has 0 aliphatic carbocycles. The smallest absolute Gasteiger partial charge is 0.210 e. The van der Waals surface area contributed by atoms with Crippen LogP contribution in [0.5, 0.6) is 0 Å². The zero-order chi connectivity index (χ0) is 13.8. The van der Waals surface area contributed by atoms with Crippen molar-refractivity contribution in [3.63, 3.8) is 0 Å². The predicted molar refractivity (Wildman–Crippen MR) is 72.7 cm³/mol. The maximum Gasteiger partial charge on any atom is 0.210 e. The van der Waals surface area contributed by atoms with Crippen molar-refractivity contribution in [2.45, 2.75) is 13.1 Å². The molecule has 102 valence electrons. The first-order valence-electron chi connectivity index (χ1n) is 5.54. The van der Waals surface area contributed by atoms with Gasteiger partial charge in [-0.1, -0.05) is 0 Å². The van der Waals surface area contributed by atoms with Gasteiger partial charge in [0.15, 0.2) is 0 Å². The van der Waals surface area contributed by atoms with Gasteiger partial charge in [-0.3, -0.25) is 0 Å². The van der Waals surface area contributed by atoms with Crippen LogP contribution in [0.25, 0.3) is 0 Å². The monoisotopic (exact) mass is 273 g/mol. The summed E-state index contributed by atoms with van der Waals surface area (Å²) in [4.78, 5) is 1.75. The molecule has 6 nitrogen and oxygen atoms in total. The summed E-state index contributed by atoms with van der Waals surface area (Å²) < 4.78 is 24.9. The molecule has 18 heavy (non-hydrogen) atoms. The van der Waals surface area contributed by atoms with Gasteiger partial charge in [-0.15, -0.1) is 0 Å². The van der Waals surface area contributed by atoms with Crippen LogP contribution in [-0.4, -0.2) is 39.1 Å². The van der Waals surface area contributed by atoms with E-state index in [1.807, 2.05) is 0 Å². The Morgan fingerprint density at radius 3 is 2.39 bits per heavy atom. The Bertz CT molecular complexity index is 473. The summed E-state index contributed by atoms with van der Waals surface area (Å²) in [5.41, 5.74) is 7.02. The number of rotatable bonds is 6. The third-order valence-corrected chi connectivity index (χ3v) is 3.19. The molecule has 0 saturated carbocycles. The van der Waals surface area contributed by atoms with Gasteiger partial charge in [0.25, 0.3) is 0 Å². The molecule has 0 amide bonds. The third kappa shape index (κ3) is 4.52. The van der Waals surface area contributed by atoms with Crippen LogP contribution in [0.1, 0.15) is 6.92 Å². The maximum absolute atomic E-state index is 11.2. The summed E-state index contributed by atoms with van der Waals surface area (Å²) in [7, 11) is -3.30. The highest BCUT2D eigenvalue weighted by molar-refractivity contribution is 7.88. The topological polar surface area (TPSA) is 95.7 Å². The highest BCUT2D eigenvalue weighted by Gasteiger charge is 2.17. The highest BCUT2D eigenvalue weighted by atomic mass is 32.2. The van der Waals surface area contributed by atoms with Crippen molar-refractivity contribution < 1.29 is 13.5 Å². The van der Waals surface area contributed by atoms with Gasteiger partial charge < -0.3 is 15.7 Å². The van der Waals surface area contributed by atoms with E-state index in [4.69, 9.17) is 10.8 Å². The lowest BCUT2D eigenvalue weighted by atomic mass is 10.2. The molecule has 1 atom stereocenters. The Kier molecular flexibility index (Phi) is 4.94. The van der Waals surface area contributed by atoms with Gasteiger partial charge in [0.1, 0.15) is 0 Å². The van der Waals surface area contributed by atoms with E-state index in [1.165, 1.54) is 0 Å². The van der Waals surface area contributed by atoms with E-state index in [2.05, 4.69) is 4.72 Å². The Labute approximate surface area is 107 Å². The molecule has 0 bridgehead atoms. The molecule has 0 fully saturated rings. The van der Waals surface area contributed by atoms with Crippen LogP contribution in [0.4, 0.5) is 11.4 Å². The van der Waals surface area contributed by atoms with Crippen LogP contribution in [0.3, 0.4) is 0 Å². The molecule has 7 heteroatoms. The summed E-state index contributed by atoms with van der Waals surface area (Å²) in [6, 6.07) is 7.02. The number of nitrogens with zero attached hydrogens (tertiary/aromatic N) is 1. The van der Waals surface area contributed by atoms with Crippen molar-refractivity contribution in [3.8, 4) is 0 Å². The average molecular weight is 273 g/mol. The quantitative estimate of drug-likeness (QED) is 0.499. The van der Waals surface area contributed by atoms with E-state index in [0.717, 1.165) is 11.9 Å². The molecule has 0 spiro atoms. The number of aliphatic hydroxyl groups excluding tert-OH is 1. The van der Waals surface area contributed by atoms with Gasteiger partial charge in [0.2, 0.25) is 10.0 Å². The minimum absolute atomic E-state index is 0.0693. The first kappa shape index (κ1) is 14.7. The van der Waals surface area contributed by atoms with Gasteiger partial charge in [0, 0.05) is 17.9 Å². The highest BCUT2D eigenvalue weighted by Crippen LogP contribution is 2.17. The number of hydrogen-bond donors (Lipinski definition) is 3. The zero-order valence-electron chi connectivity index (χ0n) is 10.5. The van der Waals surface area contributed by atoms with E-state index in [9.17, 15) is 8.42 Å². The molecule has 1 aromatic carbocycles. The fraction of sp³-hybridized carbons (Fsp3) is 0.455. The number of benzene rings is 1. The number of nitrogen functional groups attached to an aromatic ring is 1.